The highest BCUT2D eigenvalue weighted by Gasteiger charge is 2.23. The fourth-order valence-corrected chi connectivity index (χ4v) is 2.26. The largest absolute Gasteiger partial charge is 0.389 e. The third-order valence-electron chi connectivity index (χ3n) is 3.08. The molecule has 0 unspecified atom stereocenters. The van der Waals surface area contributed by atoms with E-state index >= 15 is 0 Å². The van der Waals surface area contributed by atoms with Gasteiger partial charge in [0.2, 0.25) is 0 Å². The number of carbonyl (C=O) groups is 1. The van der Waals surface area contributed by atoms with Gasteiger partial charge in [0.05, 0.1) is 16.1 Å². The van der Waals surface area contributed by atoms with Gasteiger partial charge in [0.25, 0.3) is 11.6 Å². The van der Waals surface area contributed by atoms with Crippen molar-refractivity contribution in [3.8, 4) is 0 Å². The quantitative estimate of drug-likeness (QED) is 0.664. The number of H-pyrrole nitrogens is 1. The van der Waals surface area contributed by atoms with E-state index in [9.17, 15) is 20.0 Å². The van der Waals surface area contributed by atoms with E-state index in [0.717, 1.165) is 0 Å². The van der Waals surface area contributed by atoms with E-state index in [4.69, 9.17) is 0 Å². The Kier molecular flexibility index (Phi) is 3.69. The van der Waals surface area contributed by atoms with Crippen LogP contribution in [0.1, 0.15) is 24.2 Å². The maximum absolute atomic E-state index is 12.4. The van der Waals surface area contributed by atoms with Crippen LogP contribution in [0.15, 0.2) is 24.4 Å². The standard InChI is InChI=1S/C14H17N3O4/c1-14(2,19)8-16(3)13(18)11-7-15-12-5-4-9(17(20)21)6-10(11)12/h4-7,15,19H,8H2,1-3H3. The van der Waals surface area contributed by atoms with Gasteiger partial charge in [-0.05, 0) is 19.9 Å². The monoisotopic (exact) mass is 291 g/mol. The topological polar surface area (TPSA) is 99.5 Å². The molecule has 0 atom stereocenters. The van der Waals surface area contributed by atoms with Crippen LogP contribution in [0.2, 0.25) is 0 Å². The zero-order chi connectivity index (χ0) is 15.8. The number of aliphatic hydroxyl groups is 1. The van der Waals surface area contributed by atoms with Crippen molar-refractivity contribution in [1.29, 1.82) is 0 Å². The number of hydrogen-bond acceptors (Lipinski definition) is 4. The fraction of sp³-hybridized carbons (Fsp3) is 0.357. The second-order valence-corrected chi connectivity index (χ2v) is 5.66. The number of non-ortho nitro benzene ring substituents is 1. The molecule has 0 bridgehead atoms. The number of hydrogen-bond donors (Lipinski definition) is 2. The first kappa shape index (κ1) is 15.0. The number of nitro groups is 1. The van der Waals surface area contributed by atoms with Gasteiger partial charge in [-0.2, -0.15) is 0 Å². The lowest BCUT2D eigenvalue weighted by Gasteiger charge is -2.25. The lowest BCUT2D eigenvalue weighted by Crippen LogP contribution is -2.39. The number of nitrogens with one attached hydrogen (secondary N) is 1. The molecule has 2 aromatic rings. The summed E-state index contributed by atoms with van der Waals surface area (Å²) in [7, 11) is 1.58. The minimum absolute atomic E-state index is 0.0682. The first-order chi connectivity index (χ1) is 9.69. The third kappa shape index (κ3) is 3.19. The van der Waals surface area contributed by atoms with E-state index in [-0.39, 0.29) is 18.1 Å². The van der Waals surface area contributed by atoms with Gasteiger partial charge in [-0.25, -0.2) is 0 Å². The zero-order valence-corrected chi connectivity index (χ0v) is 12.1. The maximum Gasteiger partial charge on any atom is 0.270 e. The van der Waals surface area contributed by atoms with Gasteiger partial charge in [-0.15, -0.1) is 0 Å². The van der Waals surface area contributed by atoms with Crippen molar-refractivity contribution in [3.05, 3.63) is 40.1 Å². The van der Waals surface area contributed by atoms with Crippen molar-refractivity contribution in [2.24, 2.45) is 0 Å². The molecule has 7 nitrogen and oxygen atoms in total. The molecule has 7 heteroatoms. The lowest BCUT2D eigenvalue weighted by molar-refractivity contribution is -0.384. The van der Waals surface area contributed by atoms with Crippen LogP contribution in [0.3, 0.4) is 0 Å². The molecule has 1 aromatic heterocycles. The molecule has 1 aromatic carbocycles. The average molecular weight is 291 g/mol. The minimum Gasteiger partial charge on any atom is -0.389 e. The molecule has 2 N–H and O–H groups in total. The second-order valence-electron chi connectivity index (χ2n) is 5.66. The maximum atomic E-state index is 12.4. The molecule has 21 heavy (non-hydrogen) atoms. The highest BCUT2D eigenvalue weighted by Crippen LogP contribution is 2.24. The summed E-state index contributed by atoms with van der Waals surface area (Å²) in [5, 5.41) is 21.1. The Hall–Kier alpha value is -2.41. The predicted molar refractivity (Wildman–Crippen MR) is 78.2 cm³/mol. The number of carbonyl (C=O) groups excluding carboxylic acids is 1. The van der Waals surface area contributed by atoms with Crippen LogP contribution in [-0.4, -0.2) is 45.0 Å². The third-order valence-corrected chi connectivity index (χ3v) is 3.08. The van der Waals surface area contributed by atoms with Crippen LogP contribution >= 0.6 is 0 Å². The van der Waals surface area contributed by atoms with Gasteiger partial charge in [0.1, 0.15) is 0 Å². The SMILES string of the molecule is CN(CC(C)(C)O)C(=O)c1c[nH]c2ccc([N+](=O)[O-])cc12. The van der Waals surface area contributed by atoms with Crippen LogP contribution < -0.4 is 0 Å². The molecule has 2 rings (SSSR count). The Labute approximate surface area is 121 Å². The van der Waals surface area contributed by atoms with E-state index < -0.39 is 10.5 Å². The van der Waals surface area contributed by atoms with Crippen molar-refractivity contribution in [2.75, 3.05) is 13.6 Å². The highest BCUT2D eigenvalue weighted by molar-refractivity contribution is 6.07. The molecule has 0 aliphatic heterocycles. The number of aromatic amines is 1. The van der Waals surface area contributed by atoms with Gasteiger partial charge < -0.3 is 15.0 Å². The summed E-state index contributed by atoms with van der Waals surface area (Å²) in [6, 6.07) is 4.32. The van der Waals surface area contributed by atoms with E-state index in [0.29, 0.717) is 16.5 Å². The number of benzene rings is 1. The van der Waals surface area contributed by atoms with Crippen LogP contribution in [0.5, 0.6) is 0 Å². The van der Waals surface area contributed by atoms with E-state index in [1.165, 1.54) is 23.2 Å². The van der Waals surface area contributed by atoms with E-state index in [1.54, 1.807) is 27.0 Å². The van der Waals surface area contributed by atoms with Crippen molar-refractivity contribution < 1.29 is 14.8 Å². The van der Waals surface area contributed by atoms with Gasteiger partial charge in [0.15, 0.2) is 0 Å². The summed E-state index contributed by atoms with van der Waals surface area (Å²) in [4.78, 5) is 27.1. The number of nitro benzene ring substituents is 1. The molecule has 0 saturated carbocycles. The summed E-state index contributed by atoms with van der Waals surface area (Å²) >= 11 is 0. The molecule has 0 fully saturated rings. The Morgan fingerprint density at radius 1 is 1.48 bits per heavy atom. The Bertz CT molecular complexity index is 700. The summed E-state index contributed by atoms with van der Waals surface area (Å²) in [6.07, 6.45) is 1.53. The molecule has 0 aliphatic carbocycles. The fourth-order valence-electron chi connectivity index (χ4n) is 2.26. The van der Waals surface area contributed by atoms with E-state index in [1.807, 2.05) is 0 Å². The van der Waals surface area contributed by atoms with Crippen molar-refractivity contribution >= 4 is 22.5 Å². The second kappa shape index (κ2) is 5.17. The van der Waals surface area contributed by atoms with Crippen molar-refractivity contribution in [3.63, 3.8) is 0 Å². The van der Waals surface area contributed by atoms with Crippen molar-refractivity contribution in [2.45, 2.75) is 19.4 Å². The summed E-state index contributed by atoms with van der Waals surface area (Å²) in [6.45, 7) is 3.38. The van der Waals surface area contributed by atoms with Gasteiger partial charge in [0, 0.05) is 42.8 Å². The molecule has 1 amide bonds. The summed E-state index contributed by atoms with van der Waals surface area (Å²) in [5.74, 6) is -0.302. The smallest absolute Gasteiger partial charge is 0.270 e. The number of rotatable bonds is 4. The molecular formula is C14H17N3O4. The summed E-state index contributed by atoms with van der Waals surface area (Å²) in [5.41, 5.74) is -0.0787. The Morgan fingerprint density at radius 3 is 2.71 bits per heavy atom. The molecule has 0 radical (unpaired) electrons. The van der Waals surface area contributed by atoms with Crippen LogP contribution in [0, 0.1) is 10.1 Å². The molecule has 0 saturated heterocycles. The van der Waals surface area contributed by atoms with Crippen molar-refractivity contribution in [1.82, 2.24) is 9.88 Å². The molecule has 1 heterocycles. The van der Waals surface area contributed by atoms with Gasteiger partial charge in [-0.3, -0.25) is 14.9 Å². The number of fused-ring (bicyclic) bond motifs is 1. The first-order valence-corrected chi connectivity index (χ1v) is 6.42. The summed E-state index contributed by atoms with van der Waals surface area (Å²) < 4.78 is 0. The molecule has 0 aliphatic rings. The number of amides is 1. The minimum atomic E-state index is -1.01. The predicted octanol–water partition coefficient (Wildman–Crippen LogP) is 1.92. The number of nitrogens with zero attached hydrogens (tertiary/aromatic N) is 2. The average Bonchev–Trinajstić information content (AvgIpc) is 2.78. The Balaban J connectivity index is 2.39. The van der Waals surface area contributed by atoms with Gasteiger partial charge >= 0.3 is 0 Å². The number of aromatic nitrogens is 1. The normalized spacial score (nSPS) is 11.6. The van der Waals surface area contributed by atoms with Crippen LogP contribution in [0.25, 0.3) is 10.9 Å². The highest BCUT2D eigenvalue weighted by atomic mass is 16.6. The molecular weight excluding hydrogens is 274 g/mol. The molecule has 112 valence electrons. The molecule has 0 spiro atoms. The lowest BCUT2D eigenvalue weighted by atomic mass is 10.1. The van der Waals surface area contributed by atoms with Crippen LogP contribution in [-0.2, 0) is 0 Å². The van der Waals surface area contributed by atoms with E-state index in [2.05, 4.69) is 4.98 Å². The number of likely N-dealkylation sites (N-methyl/N-ethyl adjacent to an activating group) is 1. The Morgan fingerprint density at radius 2 is 2.14 bits per heavy atom. The van der Waals surface area contributed by atoms with Gasteiger partial charge in [-0.1, -0.05) is 0 Å². The first-order valence-electron chi connectivity index (χ1n) is 6.42. The van der Waals surface area contributed by atoms with Crippen LogP contribution in [0.4, 0.5) is 5.69 Å². The zero-order valence-electron chi connectivity index (χ0n) is 12.1.